The highest BCUT2D eigenvalue weighted by atomic mass is 35.5. The van der Waals surface area contributed by atoms with E-state index in [2.05, 4.69) is 34.5 Å². The number of likely N-dealkylation sites (tertiary alicyclic amines) is 1. The van der Waals surface area contributed by atoms with Gasteiger partial charge < -0.3 is 15.5 Å². The molecule has 1 aromatic carbocycles. The second-order valence-electron chi connectivity index (χ2n) is 8.59. The van der Waals surface area contributed by atoms with Crippen LogP contribution in [-0.4, -0.2) is 54.5 Å². The van der Waals surface area contributed by atoms with Gasteiger partial charge in [-0.15, -0.1) is 11.3 Å². The zero-order chi connectivity index (χ0) is 22.0. The summed E-state index contributed by atoms with van der Waals surface area (Å²) in [6.07, 6.45) is 5.16. The first-order chi connectivity index (χ1) is 14.9. The summed E-state index contributed by atoms with van der Waals surface area (Å²) in [6.45, 7) is 5.51. The summed E-state index contributed by atoms with van der Waals surface area (Å²) in [6, 6.07) is 7.72. The van der Waals surface area contributed by atoms with Gasteiger partial charge in [-0.1, -0.05) is 24.6 Å². The number of carbonyl (C=O) groups is 1. The molecule has 0 bridgehead atoms. The second-order valence-corrected chi connectivity index (χ2v) is 10.1. The van der Waals surface area contributed by atoms with Crippen molar-refractivity contribution in [3.8, 4) is 10.6 Å². The molecule has 1 aliphatic heterocycles. The third kappa shape index (κ3) is 4.84. The SMILES string of the molecule is CNC(=O)c1cccc2sc(-c3nc(NCCC4(C)CCN(C)CC4)ncc3Cl)cc12. The number of aromatic nitrogens is 2. The lowest BCUT2D eigenvalue weighted by atomic mass is 9.78. The molecule has 1 amide bonds. The van der Waals surface area contributed by atoms with E-state index >= 15 is 0 Å². The average Bonchev–Trinajstić information content (AvgIpc) is 3.21. The van der Waals surface area contributed by atoms with Crippen molar-refractivity contribution in [1.82, 2.24) is 20.2 Å². The van der Waals surface area contributed by atoms with Gasteiger partial charge >= 0.3 is 0 Å². The molecular weight excluding hydrogens is 430 g/mol. The van der Waals surface area contributed by atoms with E-state index in [1.165, 1.54) is 12.8 Å². The highest BCUT2D eigenvalue weighted by Crippen LogP contribution is 2.38. The van der Waals surface area contributed by atoms with Crippen LogP contribution in [0.1, 0.15) is 36.5 Å². The Kier molecular flexibility index (Phi) is 6.46. The van der Waals surface area contributed by atoms with Crippen LogP contribution in [0.5, 0.6) is 0 Å². The maximum Gasteiger partial charge on any atom is 0.251 e. The number of hydrogen-bond acceptors (Lipinski definition) is 6. The first-order valence-corrected chi connectivity index (χ1v) is 11.8. The van der Waals surface area contributed by atoms with Gasteiger partial charge in [-0.25, -0.2) is 9.97 Å². The molecule has 2 aromatic heterocycles. The largest absolute Gasteiger partial charge is 0.355 e. The predicted octanol–water partition coefficient (Wildman–Crippen LogP) is 4.91. The molecule has 0 radical (unpaired) electrons. The Morgan fingerprint density at radius 3 is 2.84 bits per heavy atom. The maximum absolute atomic E-state index is 12.2. The van der Waals surface area contributed by atoms with Crippen molar-refractivity contribution < 1.29 is 4.79 Å². The highest BCUT2D eigenvalue weighted by Gasteiger charge is 2.28. The molecule has 3 aromatic rings. The van der Waals surface area contributed by atoms with Crippen molar-refractivity contribution in [3.63, 3.8) is 0 Å². The van der Waals surface area contributed by atoms with Gasteiger partial charge in [0.15, 0.2) is 0 Å². The topological polar surface area (TPSA) is 70.2 Å². The summed E-state index contributed by atoms with van der Waals surface area (Å²) in [5, 5.41) is 7.49. The van der Waals surface area contributed by atoms with Crippen LogP contribution >= 0.6 is 22.9 Å². The summed E-state index contributed by atoms with van der Waals surface area (Å²) in [4.78, 5) is 24.6. The van der Waals surface area contributed by atoms with Crippen LogP contribution in [0.2, 0.25) is 5.02 Å². The summed E-state index contributed by atoms with van der Waals surface area (Å²) < 4.78 is 1.02. The molecule has 0 saturated carbocycles. The standard InChI is InChI=1S/C23H28ClN5OS/c1-23(8-11-29(3)12-9-23)7-10-26-22-27-14-17(24)20(28-22)19-13-16-15(21(30)25-2)5-4-6-18(16)31-19/h4-6,13-14H,7-12H2,1-3H3,(H,25,30)(H,26,27,28). The molecule has 31 heavy (non-hydrogen) atoms. The van der Waals surface area contributed by atoms with E-state index < -0.39 is 0 Å². The quantitative estimate of drug-likeness (QED) is 0.550. The second kappa shape index (κ2) is 9.10. The molecule has 1 fully saturated rings. The van der Waals surface area contributed by atoms with Gasteiger partial charge in [-0.05, 0) is 63.0 Å². The van der Waals surface area contributed by atoms with E-state index in [1.54, 1.807) is 24.6 Å². The van der Waals surface area contributed by atoms with E-state index in [-0.39, 0.29) is 5.91 Å². The lowest BCUT2D eigenvalue weighted by molar-refractivity contribution is 0.0964. The first kappa shape index (κ1) is 22.0. The molecule has 0 aliphatic carbocycles. The fourth-order valence-electron chi connectivity index (χ4n) is 4.02. The smallest absolute Gasteiger partial charge is 0.251 e. The number of nitrogens with zero attached hydrogens (tertiary/aromatic N) is 3. The molecule has 164 valence electrons. The average molecular weight is 458 g/mol. The normalized spacial score (nSPS) is 16.4. The van der Waals surface area contributed by atoms with Gasteiger partial charge in [0.05, 0.1) is 16.1 Å². The highest BCUT2D eigenvalue weighted by molar-refractivity contribution is 7.22. The summed E-state index contributed by atoms with van der Waals surface area (Å²) in [5.74, 6) is 0.480. The van der Waals surface area contributed by atoms with Gasteiger partial charge in [0.1, 0.15) is 5.69 Å². The van der Waals surface area contributed by atoms with Crippen LogP contribution in [0.3, 0.4) is 0 Å². The Hall–Kier alpha value is -2.22. The van der Waals surface area contributed by atoms with Crippen molar-refractivity contribution in [2.24, 2.45) is 5.41 Å². The Bertz CT molecular complexity index is 1090. The summed E-state index contributed by atoms with van der Waals surface area (Å²) in [5.41, 5.74) is 1.70. The van der Waals surface area contributed by atoms with Crippen molar-refractivity contribution in [2.75, 3.05) is 39.0 Å². The van der Waals surface area contributed by atoms with Crippen LogP contribution < -0.4 is 10.6 Å². The zero-order valence-electron chi connectivity index (χ0n) is 18.2. The molecule has 1 saturated heterocycles. The minimum absolute atomic E-state index is 0.103. The third-order valence-corrected chi connectivity index (χ3v) is 7.60. The minimum atomic E-state index is -0.103. The number of amides is 1. The number of anilines is 1. The Morgan fingerprint density at radius 1 is 1.32 bits per heavy atom. The van der Waals surface area contributed by atoms with E-state index in [0.717, 1.165) is 41.0 Å². The van der Waals surface area contributed by atoms with Crippen LogP contribution in [0.25, 0.3) is 20.7 Å². The van der Waals surface area contributed by atoms with Crippen LogP contribution in [0.15, 0.2) is 30.5 Å². The van der Waals surface area contributed by atoms with Crippen molar-refractivity contribution in [2.45, 2.75) is 26.2 Å². The monoisotopic (exact) mass is 457 g/mol. The van der Waals surface area contributed by atoms with E-state index in [0.29, 0.717) is 27.6 Å². The number of piperidine rings is 1. The molecule has 0 spiro atoms. The summed E-state index contributed by atoms with van der Waals surface area (Å²) >= 11 is 8.02. The number of benzene rings is 1. The number of nitrogens with one attached hydrogen (secondary N) is 2. The van der Waals surface area contributed by atoms with Crippen molar-refractivity contribution in [1.29, 1.82) is 0 Å². The van der Waals surface area contributed by atoms with Gasteiger partial charge in [0.2, 0.25) is 5.95 Å². The fraction of sp³-hybridized carbons (Fsp3) is 0.435. The van der Waals surface area contributed by atoms with Gasteiger partial charge in [0, 0.05) is 29.2 Å². The number of rotatable bonds is 6. The summed E-state index contributed by atoms with van der Waals surface area (Å²) in [7, 11) is 3.83. The predicted molar refractivity (Wildman–Crippen MR) is 129 cm³/mol. The molecule has 1 aliphatic rings. The van der Waals surface area contributed by atoms with Gasteiger partial charge in [-0.3, -0.25) is 4.79 Å². The van der Waals surface area contributed by atoms with Crippen molar-refractivity contribution >= 4 is 44.9 Å². The number of fused-ring (bicyclic) bond motifs is 1. The molecule has 6 nitrogen and oxygen atoms in total. The maximum atomic E-state index is 12.2. The third-order valence-electron chi connectivity index (χ3n) is 6.22. The zero-order valence-corrected chi connectivity index (χ0v) is 19.7. The number of halogens is 1. The molecular formula is C23H28ClN5OS. The Morgan fingerprint density at radius 2 is 2.10 bits per heavy atom. The van der Waals surface area contributed by atoms with E-state index in [9.17, 15) is 4.79 Å². The van der Waals surface area contributed by atoms with Gasteiger partial charge in [0.25, 0.3) is 5.91 Å². The molecule has 8 heteroatoms. The van der Waals surface area contributed by atoms with Crippen LogP contribution in [-0.2, 0) is 0 Å². The molecule has 2 N–H and O–H groups in total. The molecule has 4 rings (SSSR count). The molecule has 0 unspecified atom stereocenters. The number of thiophene rings is 1. The Balaban J connectivity index is 1.52. The van der Waals surface area contributed by atoms with Crippen LogP contribution in [0.4, 0.5) is 5.95 Å². The minimum Gasteiger partial charge on any atom is -0.355 e. The van der Waals surface area contributed by atoms with Gasteiger partial charge in [-0.2, -0.15) is 0 Å². The Labute approximate surface area is 192 Å². The molecule has 0 atom stereocenters. The van der Waals surface area contributed by atoms with E-state index in [4.69, 9.17) is 16.6 Å². The molecule has 3 heterocycles. The lowest BCUT2D eigenvalue weighted by Crippen LogP contribution is -2.37. The van der Waals surface area contributed by atoms with Crippen molar-refractivity contribution in [3.05, 3.63) is 41.0 Å². The number of carbonyl (C=O) groups excluding carboxylic acids is 1. The number of hydrogen-bond donors (Lipinski definition) is 2. The van der Waals surface area contributed by atoms with Crippen LogP contribution in [0, 0.1) is 5.41 Å². The van der Waals surface area contributed by atoms with E-state index in [1.807, 2.05) is 24.3 Å². The first-order valence-electron chi connectivity index (χ1n) is 10.6. The fourth-order valence-corrected chi connectivity index (χ4v) is 5.36. The lowest BCUT2D eigenvalue weighted by Gasteiger charge is -2.38.